The lowest BCUT2D eigenvalue weighted by Crippen LogP contribution is -3.14. The molecule has 1 aromatic carbocycles. The highest BCUT2D eigenvalue weighted by atomic mass is 16.7. The van der Waals surface area contributed by atoms with Crippen molar-refractivity contribution in [3.8, 4) is 11.5 Å². The first-order chi connectivity index (χ1) is 12.5. The summed E-state index contributed by atoms with van der Waals surface area (Å²) in [6.45, 7) is 6.42. The van der Waals surface area contributed by atoms with Crippen LogP contribution in [0, 0.1) is 5.92 Å². The monoisotopic (exact) mass is 361 g/mol. The van der Waals surface area contributed by atoms with Gasteiger partial charge in [-0.15, -0.1) is 0 Å². The fraction of sp³-hybridized carbons (Fsp3) is 0.650. The Bertz CT molecular complexity index is 670. The third-order valence-electron chi connectivity index (χ3n) is 6.11. The van der Waals surface area contributed by atoms with E-state index in [1.807, 2.05) is 23.1 Å². The van der Waals surface area contributed by atoms with Gasteiger partial charge in [0.15, 0.2) is 18.0 Å². The number of benzene rings is 1. The molecular formula is C20H29N2O4+. The molecule has 1 atom stereocenters. The number of carbonyl (C=O) groups excluding carboxylic acids is 1. The molecule has 142 valence electrons. The topological polar surface area (TPSA) is 63.4 Å². The van der Waals surface area contributed by atoms with E-state index in [1.165, 1.54) is 11.3 Å². The molecule has 3 aliphatic heterocycles. The summed E-state index contributed by atoms with van der Waals surface area (Å²) in [6.07, 6.45) is 3.66. The summed E-state index contributed by atoms with van der Waals surface area (Å²) in [5.41, 5.74) is 0.0460. The SMILES string of the molecule is C[C@@H]1CCCN(C(=O)C[NH+]2CCC(O)(c3ccc4c(c3)OCO4)CC2)C1. The number of nitrogens with one attached hydrogen (secondary N) is 1. The number of piperidine rings is 2. The minimum Gasteiger partial charge on any atom is -0.454 e. The number of likely N-dealkylation sites (tertiary alicyclic amines) is 2. The fourth-order valence-corrected chi connectivity index (χ4v) is 4.41. The van der Waals surface area contributed by atoms with Gasteiger partial charge in [0.2, 0.25) is 6.79 Å². The number of fused-ring (bicyclic) bond motifs is 1. The smallest absolute Gasteiger partial charge is 0.277 e. The predicted octanol–water partition coefficient (Wildman–Crippen LogP) is 0.540. The Morgan fingerprint density at radius 1 is 1.31 bits per heavy atom. The Labute approximate surface area is 154 Å². The van der Waals surface area contributed by atoms with Crippen molar-refractivity contribution in [2.24, 2.45) is 5.92 Å². The molecule has 2 fully saturated rings. The van der Waals surface area contributed by atoms with Gasteiger partial charge in [0.05, 0.1) is 13.1 Å². The van der Waals surface area contributed by atoms with Crippen molar-refractivity contribution in [3.63, 3.8) is 0 Å². The second-order valence-electron chi connectivity index (χ2n) is 8.11. The van der Waals surface area contributed by atoms with Gasteiger partial charge in [-0.1, -0.05) is 13.0 Å². The largest absolute Gasteiger partial charge is 0.454 e. The molecule has 26 heavy (non-hydrogen) atoms. The third kappa shape index (κ3) is 3.53. The van der Waals surface area contributed by atoms with Gasteiger partial charge in [0.25, 0.3) is 5.91 Å². The van der Waals surface area contributed by atoms with Crippen molar-refractivity contribution >= 4 is 5.91 Å². The molecule has 6 nitrogen and oxygen atoms in total. The average molecular weight is 361 g/mol. The van der Waals surface area contributed by atoms with Crippen LogP contribution in [-0.2, 0) is 10.4 Å². The normalized spacial score (nSPS) is 31.1. The lowest BCUT2D eigenvalue weighted by molar-refractivity contribution is -0.900. The molecule has 1 aromatic rings. The van der Waals surface area contributed by atoms with Crippen LogP contribution in [0.3, 0.4) is 0 Å². The minimum atomic E-state index is -0.840. The van der Waals surface area contributed by atoms with Crippen molar-refractivity contribution in [3.05, 3.63) is 23.8 Å². The molecule has 3 aliphatic rings. The van der Waals surface area contributed by atoms with Crippen LogP contribution >= 0.6 is 0 Å². The van der Waals surface area contributed by atoms with E-state index >= 15 is 0 Å². The number of hydrogen-bond acceptors (Lipinski definition) is 4. The number of hydrogen-bond donors (Lipinski definition) is 2. The lowest BCUT2D eigenvalue weighted by Gasteiger charge is -2.37. The molecule has 0 bridgehead atoms. The Balaban J connectivity index is 1.34. The zero-order chi connectivity index (χ0) is 18.1. The molecule has 6 heteroatoms. The first-order valence-electron chi connectivity index (χ1n) is 9.77. The molecule has 4 rings (SSSR count). The van der Waals surface area contributed by atoms with Gasteiger partial charge >= 0.3 is 0 Å². The maximum absolute atomic E-state index is 12.6. The maximum Gasteiger partial charge on any atom is 0.277 e. The van der Waals surface area contributed by atoms with E-state index in [0.29, 0.717) is 31.1 Å². The van der Waals surface area contributed by atoms with Crippen LogP contribution in [-0.4, -0.2) is 55.4 Å². The highest BCUT2D eigenvalue weighted by Gasteiger charge is 2.38. The molecule has 0 radical (unpaired) electrons. The Morgan fingerprint density at radius 2 is 2.08 bits per heavy atom. The zero-order valence-electron chi connectivity index (χ0n) is 15.5. The standard InChI is InChI=1S/C20H28N2O4/c1-15-3-2-8-22(12-15)19(23)13-21-9-6-20(24,7-10-21)16-4-5-17-18(11-16)26-14-25-17/h4-5,11,15,24H,2-3,6-10,12-14H2,1H3/p+1/t15-/m1/s1. The number of rotatable bonds is 3. The van der Waals surface area contributed by atoms with Crippen molar-refractivity contribution in [2.45, 2.75) is 38.2 Å². The van der Waals surface area contributed by atoms with Crippen LogP contribution in [0.25, 0.3) is 0 Å². The quantitative estimate of drug-likeness (QED) is 0.825. The summed E-state index contributed by atoms with van der Waals surface area (Å²) in [4.78, 5) is 15.9. The van der Waals surface area contributed by atoms with Gasteiger partial charge in [0, 0.05) is 25.9 Å². The van der Waals surface area contributed by atoms with Gasteiger partial charge in [-0.05, 0) is 36.5 Å². The summed E-state index contributed by atoms with van der Waals surface area (Å²) < 4.78 is 10.8. The van der Waals surface area contributed by atoms with Crippen LogP contribution < -0.4 is 14.4 Å². The third-order valence-corrected chi connectivity index (χ3v) is 6.11. The molecule has 0 unspecified atom stereocenters. The minimum absolute atomic E-state index is 0.242. The van der Waals surface area contributed by atoms with Crippen LogP contribution in [0.5, 0.6) is 11.5 Å². The van der Waals surface area contributed by atoms with Crippen LogP contribution in [0.15, 0.2) is 18.2 Å². The van der Waals surface area contributed by atoms with Gasteiger partial charge in [0.1, 0.15) is 5.60 Å². The molecule has 1 amide bonds. The summed E-state index contributed by atoms with van der Waals surface area (Å²) in [7, 11) is 0. The number of quaternary nitrogens is 1. The summed E-state index contributed by atoms with van der Waals surface area (Å²) in [6, 6.07) is 5.70. The first-order valence-corrected chi connectivity index (χ1v) is 9.77. The number of ether oxygens (including phenoxy) is 2. The van der Waals surface area contributed by atoms with Crippen molar-refractivity contribution in [1.29, 1.82) is 0 Å². The predicted molar refractivity (Wildman–Crippen MR) is 96.2 cm³/mol. The van der Waals surface area contributed by atoms with Gasteiger partial charge in [-0.3, -0.25) is 4.79 Å². The van der Waals surface area contributed by atoms with Crippen molar-refractivity contribution < 1.29 is 24.3 Å². The van der Waals surface area contributed by atoms with E-state index in [1.54, 1.807) is 0 Å². The molecule has 0 saturated carbocycles. The second kappa shape index (κ2) is 7.08. The van der Waals surface area contributed by atoms with E-state index < -0.39 is 5.60 Å². The Hall–Kier alpha value is -1.79. The summed E-state index contributed by atoms with van der Waals surface area (Å²) in [5.74, 6) is 2.32. The second-order valence-corrected chi connectivity index (χ2v) is 8.11. The Kier molecular flexibility index (Phi) is 4.80. The molecule has 0 aromatic heterocycles. The highest BCUT2D eigenvalue weighted by Crippen LogP contribution is 2.38. The molecule has 0 aliphatic carbocycles. The highest BCUT2D eigenvalue weighted by molar-refractivity contribution is 5.77. The zero-order valence-corrected chi connectivity index (χ0v) is 15.5. The van der Waals surface area contributed by atoms with Gasteiger partial charge in [-0.2, -0.15) is 0 Å². The first kappa shape index (κ1) is 17.6. The average Bonchev–Trinajstić information content (AvgIpc) is 3.11. The maximum atomic E-state index is 12.6. The van der Waals surface area contributed by atoms with E-state index in [4.69, 9.17) is 9.47 Å². The van der Waals surface area contributed by atoms with E-state index in [0.717, 1.165) is 43.9 Å². The fourth-order valence-electron chi connectivity index (χ4n) is 4.41. The van der Waals surface area contributed by atoms with E-state index in [9.17, 15) is 9.90 Å². The summed E-state index contributed by atoms with van der Waals surface area (Å²) in [5, 5.41) is 11.1. The van der Waals surface area contributed by atoms with Crippen LogP contribution in [0.2, 0.25) is 0 Å². The van der Waals surface area contributed by atoms with Crippen molar-refractivity contribution in [2.75, 3.05) is 39.5 Å². The number of aliphatic hydroxyl groups is 1. The molecule has 3 heterocycles. The molecule has 0 spiro atoms. The van der Waals surface area contributed by atoms with E-state index in [2.05, 4.69) is 6.92 Å². The molecule has 2 N–H and O–H groups in total. The number of nitrogens with zero attached hydrogens (tertiary/aromatic N) is 1. The Morgan fingerprint density at radius 3 is 2.85 bits per heavy atom. The number of amides is 1. The van der Waals surface area contributed by atoms with Gasteiger partial charge in [-0.25, -0.2) is 0 Å². The van der Waals surface area contributed by atoms with Crippen molar-refractivity contribution in [1.82, 2.24) is 4.90 Å². The van der Waals surface area contributed by atoms with Crippen LogP contribution in [0.1, 0.15) is 38.2 Å². The lowest BCUT2D eigenvalue weighted by atomic mass is 9.84. The van der Waals surface area contributed by atoms with E-state index in [-0.39, 0.29) is 12.7 Å². The molecular weight excluding hydrogens is 332 g/mol. The van der Waals surface area contributed by atoms with Gasteiger partial charge < -0.3 is 24.4 Å². The summed E-state index contributed by atoms with van der Waals surface area (Å²) >= 11 is 0. The number of carbonyl (C=O) groups is 1. The molecule has 2 saturated heterocycles. The van der Waals surface area contributed by atoms with Crippen LogP contribution in [0.4, 0.5) is 0 Å².